The number of piperazine rings is 1. The van der Waals surface area contributed by atoms with E-state index in [2.05, 4.69) is 23.1 Å². The van der Waals surface area contributed by atoms with Crippen LogP contribution in [0.2, 0.25) is 0 Å². The van der Waals surface area contributed by atoms with Gasteiger partial charge in [-0.3, -0.25) is 4.79 Å². The van der Waals surface area contributed by atoms with Crippen molar-refractivity contribution in [2.24, 2.45) is 0 Å². The van der Waals surface area contributed by atoms with Crippen LogP contribution in [0.5, 0.6) is 0 Å². The van der Waals surface area contributed by atoms with Crippen molar-refractivity contribution in [1.82, 2.24) is 4.90 Å². The zero-order chi connectivity index (χ0) is 21.9. The molecule has 1 amide bonds. The first-order valence-electron chi connectivity index (χ1n) is 10.9. The van der Waals surface area contributed by atoms with E-state index in [4.69, 9.17) is 4.74 Å². The van der Waals surface area contributed by atoms with Gasteiger partial charge >= 0.3 is 5.97 Å². The molecule has 4 aromatic rings. The second-order valence-corrected chi connectivity index (χ2v) is 7.97. The van der Waals surface area contributed by atoms with E-state index >= 15 is 0 Å². The van der Waals surface area contributed by atoms with Gasteiger partial charge in [0, 0.05) is 31.9 Å². The van der Waals surface area contributed by atoms with E-state index in [0.29, 0.717) is 18.7 Å². The first kappa shape index (κ1) is 20.1. The Labute approximate surface area is 186 Å². The van der Waals surface area contributed by atoms with Gasteiger partial charge in [-0.25, -0.2) is 4.79 Å². The molecular formula is C27H24N2O3. The minimum absolute atomic E-state index is 0.157. The van der Waals surface area contributed by atoms with Gasteiger partial charge in [-0.2, -0.15) is 0 Å². The molecule has 0 spiro atoms. The topological polar surface area (TPSA) is 49.9 Å². The maximum atomic E-state index is 13.1. The van der Waals surface area contributed by atoms with Crippen LogP contribution in [0.1, 0.15) is 10.4 Å². The lowest BCUT2D eigenvalue weighted by atomic mass is 9.97. The molecule has 1 aliphatic rings. The number of hydrogen-bond acceptors (Lipinski definition) is 4. The van der Waals surface area contributed by atoms with Gasteiger partial charge in [0.05, 0.1) is 5.56 Å². The predicted octanol–water partition coefficient (Wildman–Crippen LogP) is 4.50. The van der Waals surface area contributed by atoms with Crippen molar-refractivity contribution in [3.8, 4) is 0 Å². The van der Waals surface area contributed by atoms with Crippen molar-refractivity contribution in [2.45, 2.75) is 0 Å². The minimum Gasteiger partial charge on any atom is -0.452 e. The molecular weight excluding hydrogens is 400 g/mol. The molecule has 0 radical (unpaired) electrons. The van der Waals surface area contributed by atoms with Crippen molar-refractivity contribution in [2.75, 3.05) is 37.7 Å². The molecule has 1 aliphatic heterocycles. The van der Waals surface area contributed by atoms with Crippen LogP contribution < -0.4 is 4.90 Å². The predicted molar refractivity (Wildman–Crippen MR) is 127 cm³/mol. The number of ether oxygens (including phenoxy) is 1. The van der Waals surface area contributed by atoms with E-state index in [1.54, 1.807) is 4.90 Å². The lowest BCUT2D eigenvalue weighted by Crippen LogP contribution is -2.49. The summed E-state index contributed by atoms with van der Waals surface area (Å²) in [5, 5.41) is 3.61. The van der Waals surface area contributed by atoms with E-state index in [0.717, 1.165) is 40.3 Å². The Morgan fingerprint density at radius 1 is 0.719 bits per heavy atom. The fraction of sp³-hybridized carbons (Fsp3) is 0.185. The fourth-order valence-corrected chi connectivity index (χ4v) is 4.38. The van der Waals surface area contributed by atoms with E-state index in [9.17, 15) is 9.59 Å². The zero-order valence-corrected chi connectivity index (χ0v) is 17.7. The maximum Gasteiger partial charge on any atom is 0.339 e. The monoisotopic (exact) mass is 424 g/mol. The van der Waals surface area contributed by atoms with E-state index in [-0.39, 0.29) is 12.5 Å². The van der Waals surface area contributed by atoms with Crippen LogP contribution in [0.25, 0.3) is 21.5 Å². The van der Waals surface area contributed by atoms with Crippen molar-refractivity contribution in [3.05, 3.63) is 90.5 Å². The highest BCUT2D eigenvalue weighted by Gasteiger charge is 2.23. The molecule has 1 heterocycles. The van der Waals surface area contributed by atoms with Gasteiger partial charge in [-0.15, -0.1) is 0 Å². The molecule has 0 aromatic heterocycles. The summed E-state index contributed by atoms with van der Waals surface area (Å²) in [6, 6.07) is 27.8. The third-order valence-electron chi connectivity index (χ3n) is 6.06. The molecule has 5 heteroatoms. The summed E-state index contributed by atoms with van der Waals surface area (Å²) < 4.78 is 5.53. The lowest BCUT2D eigenvalue weighted by molar-refractivity contribution is -0.134. The SMILES string of the molecule is O=C(OCC(=O)N1CCN(c2ccccc2)CC1)c1c2ccccc2cc2ccccc12. The Kier molecular flexibility index (Phi) is 5.46. The number of nitrogens with zero attached hydrogens (tertiary/aromatic N) is 2. The van der Waals surface area contributed by atoms with Crippen LogP contribution in [-0.4, -0.2) is 49.6 Å². The smallest absolute Gasteiger partial charge is 0.339 e. The molecule has 0 atom stereocenters. The Balaban J connectivity index is 1.28. The summed E-state index contributed by atoms with van der Waals surface area (Å²) in [6.07, 6.45) is 0. The summed E-state index contributed by atoms with van der Waals surface area (Å²) in [4.78, 5) is 29.9. The molecule has 0 N–H and O–H groups in total. The summed E-state index contributed by atoms with van der Waals surface area (Å²) in [7, 11) is 0. The van der Waals surface area contributed by atoms with Gasteiger partial charge in [-0.1, -0.05) is 66.7 Å². The van der Waals surface area contributed by atoms with Gasteiger partial charge in [0.1, 0.15) is 0 Å². The number of esters is 1. The largest absolute Gasteiger partial charge is 0.452 e. The van der Waals surface area contributed by atoms with Crippen molar-refractivity contribution >= 4 is 39.1 Å². The van der Waals surface area contributed by atoms with Crippen LogP contribution >= 0.6 is 0 Å². The number of hydrogen-bond donors (Lipinski definition) is 0. The number of para-hydroxylation sites is 1. The molecule has 0 saturated carbocycles. The normalized spacial score (nSPS) is 14.0. The Morgan fingerprint density at radius 3 is 1.91 bits per heavy atom. The summed E-state index contributed by atoms with van der Waals surface area (Å²) in [6.45, 7) is 2.50. The average molecular weight is 425 g/mol. The number of anilines is 1. The Bertz CT molecular complexity index is 1220. The molecule has 0 unspecified atom stereocenters. The fourth-order valence-electron chi connectivity index (χ4n) is 4.38. The first-order chi connectivity index (χ1) is 15.7. The molecule has 0 aliphatic carbocycles. The molecule has 32 heavy (non-hydrogen) atoms. The number of benzene rings is 4. The Hall–Kier alpha value is -3.86. The van der Waals surface area contributed by atoms with Crippen LogP contribution in [0.15, 0.2) is 84.9 Å². The highest BCUT2D eigenvalue weighted by molar-refractivity contribution is 6.16. The molecule has 1 fully saturated rings. The maximum absolute atomic E-state index is 13.1. The standard InChI is InChI=1S/C27H24N2O3/c30-25(29-16-14-28(15-17-29)22-10-2-1-3-11-22)19-32-27(31)26-23-12-6-4-8-20(23)18-21-9-5-7-13-24(21)26/h1-13,18H,14-17,19H2. The van der Waals surface area contributed by atoms with Gasteiger partial charge in [-0.05, 0) is 39.7 Å². The number of carbonyl (C=O) groups excluding carboxylic acids is 2. The molecule has 1 saturated heterocycles. The van der Waals surface area contributed by atoms with E-state index in [1.807, 2.05) is 66.7 Å². The molecule has 4 aromatic carbocycles. The van der Waals surface area contributed by atoms with Gasteiger partial charge in [0.15, 0.2) is 6.61 Å². The zero-order valence-electron chi connectivity index (χ0n) is 17.7. The number of fused-ring (bicyclic) bond motifs is 2. The summed E-state index contributed by atoms with van der Waals surface area (Å²) >= 11 is 0. The second-order valence-electron chi connectivity index (χ2n) is 7.97. The third-order valence-corrected chi connectivity index (χ3v) is 6.06. The van der Waals surface area contributed by atoms with Crippen molar-refractivity contribution in [1.29, 1.82) is 0 Å². The van der Waals surface area contributed by atoms with Gasteiger partial charge in [0.25, 0.3) is 5.91 Å². The quantitative estimate of drug-likeness (QED) is 0.358. The first-order valence-corrected chi connectivity index (χ1v) is 10.9. The minimum atomic E-state index is -0.464. The molecule has 5 nitrogen and oxygen atoms in total. The van der Waals surface area contributed by atoms with Gasteiger partial charge < -0.3 is 14.5 Å². The molecule has 5 rings (SSSR count). The molecule has 160 valence electrons. The van der Waals surface area contributed by atoms with E-state index in [1.165, 1.54) is 0 Å². The number of carbonyl (C=O) groups is 2. The summed E-state index contributed by atoms with van der Waals surface area (Å²) in [5.74, 6) is -0.620. The number of amides is 1. The third kappa shape index (κ3) is 3.89. The summed E-state index contributed by atoms with van der Waals surface area (Å²) in [5.41, 5.74) is 1.68. The highest BCUT2D eigenvalue weighted by Crippen LogP contribution is 2.29. The van der Waals surface area contributed by atoms with Crippen molar-refractivity contribution < 1.29 is 14.3 Å². The average Bonchev–Trinajstić information content (AvgIpc) is 2.86. The van der Waals surface area contributed by atoms with Crippen LogP contribution in [0, 0.1) is 0 Å². The Morgan fingerprint density at radius 2 is 1.28 bits per heavy atom. The molecule has 0 bridgehead atoms. The lowest BCUT2D eigenvalue weighted by Gasteiger charge is -2.36. The van der Waals surface area contributed by atoms with Crippen LogP contribution in [0.3, 0.4) is 0 Å². The van der Waals surface area contributed by atoms with Crippen LogP contribution in [0.4, 0.5) is 5.69 Å². The van der Waals surface area contributed by atoms with Gasteiger partial charge in [0.2, 0.25) is 0 Å². The number of rotatable bonds is 4. The highest BCUT2D eigenvalue weighted by atomic mass is 16.5. The second kappa shape index (κ2) is 8.71. The van der Waals surface area contributed by atoms with Crippen molar-refractivity contribution in [3.63, 3.8) is 0 Å². The van der Waals surface area contributed by atoms with Crippen LogP contribution in [-0.2, 0) is 9.53 Å². The van der Waals surface area contributed by atoms with E-state index < -0.39 is 5.97 Å².